The van der Waals surface area contributed by atoms with Crippen LogP contribution in [0.5, 0.6) is 0 Å². The second-order valence-electron chi connectivity index (χ2n) is 0.100. The number of rotatable bonds is 0. The smallest absolute Gasteiger partial charge is 1.00 e. The quantitative estimate of drug-likeness (QED) is 0.232. The van der Waals surface area contributed by atoms with Gasteiger partial charge in [-0.15, -0.1) is 0 Å². The zero-order valence-electron chi connectivity index (χ0n) is 3.39. The van der Waals surface area contributed by atoms with Crippen LogP contribution in [0.15, 0.2) is 0 Å². The molecule has 0 saturated carbocycles. The van der Waals surface area contributed by atoms with E-state index in [0.717, 1.165) is 0 Å². The Morgan fingerprint density at radius 3 is 1.50 bits per heavy atom. The van der Waals surface area contributed by atoms with Gasteiger partial charge in [0, 0.05) is 0 Å². The molecule has 0 aliphatic carbocycles. The van der Waals surface area contributed by atoms with Crippen molar-refractivity contribution in [1.82, 2.24) is 0 Å². The molecule has 0 saturated heterocycles. The van der Waals surface area contributed by atoms with Crippen molar-refractivity contribution < 1.29 is 30.1 Å². The first kappa shape index (κ1) is 8.87. The molecular formula is H4LiO2P. The van der Waals surface area contributed by atoms with E-state index in [1.165, 1.54) is 0 Å². The minimum atomic E-state index is -0.917. The molecule has 22 valence electrons. The minimum absolute atomic E-state index is 0. The van der Waals surface area contributed by atoms with E-state index in [1.54, 1.807) is 0 Å². The summed E-state index contributed by atoms with van der Waals surface area (Å²) < 4.78 is 0. The molecule has 0 aromatic carbocycles. The summed E-state index contributed by atoms with van der Waals surface area (Å²) in [5.41, 5.74) is 0. The molecule has 0 aliphatic rings. The van der Waals surface area contributed by atoms with Crippen LogP contribution in [0.1, 0.15) is 1.43 Å². The fraction of sp³-hybridized carbons (Fsp3) is 0. The third-order valence-electron chi connectivity index (χ3n) is 0. The second kappa shape index (κ2) is 9.04. The minimum Gasteiger partial charge on any atom is -1.00 e. The molecule has 4 heteroatoms. The predicted molar refractivity (Wildman–Crippen MR) is 13.9 cm³/mol. The van der Waals surface area contributed by atoms with Gasteiger partial charge in [0.05, 0.1) is 0 Å². The Hall–Kier alpha value is 0.947. The molecule has 2 N–H and O–H groups in total. The van der Waals surface area contributed by atoms with Crippen LogP contribution < -0.4 is 18.9 Å². The maximum absolute atomic E-state index is 7.15. The van der Waals surface area contributed by atoms with Gasteiger partial charge in [0.2, 0.25) is 0 Å². The fourth-order valence-corrected chi connectivity index (χ4v) is 0. The molecule has 0 amide bonds. The molecule has 0 aromatic heterocycles. The SMILES string of the molecule is OPO.[H-].[Li+]. The summed E-state index contributed by atoms with van der Waals surface area (Å²) in [6, 6.07) is 0. The Morgan fingerprint density at radius 1 is 1.50 bits per heavy atom. The van der Waals surface area contributed by atoms with Gasteiger partial charge >= 0.3 is 18.9 Å². The van der Waals surface area contributed by atoms with Gasteiger partial charge in [-0.2, -0.15) is 0 Å². The molecule has 4 heavy (non-hydrogen) atoms. The topological polar surface area (TPSA) is 40.5 Å². The van der Waals surface area contributed by atoms with Gasteiger partial charge in [0.15, 0.2) is 0 Å². The second-order valence-corrected chi connectivity index (χ2v) is 0.300. The molecule has 0 fully saturated rings. The van der Waals surface area contributed by atoms with Crippen LogP contribution in [-0.2, 0) is 0 Å². The third kappa shape index (κ3) is 12.5. The van der Waals surface area contributed by atoms with Gasteiger partial charge in [0.1, 0.15) is 9.03 Å². The molecular weight excluding hydrogens is 69.9 g/mol. The number of hydrogen-bond acceptors (Lipinski definition) is 2. The first-order valence-corrected chi connectivity index (χ1v) is 1.34. The van der Waals surface area contributed by atoms with E-state index in [0.29, 0.717) is 0 Å². The Kier molecular flexibility index (Phi) is 20.1. The first-order chi connectivity index (χ1) is 1.41. The van der Waals surface area contributed by atoms with Crippen LogP contribution in [0.25, 0.3) is 0 Å². The van der Waals surface area contributed by atoms with Crippen molar-refractivity contribution in [2.24, 2.45) is 0 Å². The maximum atomic E-state index is 7.15. The van der Waals surface area contributed by atoms with Crippen LogP contribution in [0.4, 0.5) is 0 Å². The van der Waals surface area contributed by atoms with Crippen molar-refractivity contribution >= 4 is 9.03 Å². The van der Waals surface area contributed by atoms with Crippen LogP contribution in [0.2, 0.25) is 0 Å². The summed E-state index contributed by atoms with van der Waals surface area (Å²) in [5, 5.41) is 0. The van der Waals surface area contributed by atoms with Gasteiger partial charge in [-0.3, -0.25) is 0 Å². The van der Waals surface area contributed by atoms with Gasteiger partial charge in [-0.05, 0) is 0 Å². The van der Waals surface area contributed by atoms with E-state index in [4.69, 9.17) is 9.79 Å². The summed E-state index contributed by atoms with van der Waals surface area (Å²) in [7, 11) is -0.917. The van der Waals surface area contributed by atoms with Crippen molar-refractivity contribution in [3.8, 4) is 0 Å². The molecule has 0 aromatic rings. The Morgan fingerprint density at radius 2 is 1.50 bits per heavy atom. The summed E-state index contributed by atoms with van der Waals surface area (Å²) >= 11 is 0. The summed E-state index contributed by atoms with van der Waals surface area (Å²) in [5.74, 6) is 0. The van der Waals surface area contributed by atoms with E-state index in [1.807, 2.05) is 0 Å². The molecule has 2 nitrogen and oxygen atoms in total. The Labute approximate surface area is 39.8 Å². The summed E-state index contributed by atoms with van der Waals surface area (Å²) in [6.45, 7) is 0. The molecule has 0 bridgehead atoms. The molecule has 0 heterocycles. The molecule has 0 spiro atoms. The molecule has 0 unspecified atom stereocenters. The van der Waals surface area contributed by atoms with Crippen molar-refractivity contribution in [3.05, 3.63) is 0 Å². The van der Waals surface area contributed by atoms with Gasteiger partial charge < -0.3 is 11.2 Å². The maximum Gasteiger partial charge on any atom is 1.00 e. The van der Waals surface area contributed by atoms with E-state index < -0.39 is 9.03 Å². The van der Waals surface area contributed by atoms with Gasteiger partial charge in [0.25, 0.3) is 0 Å². The fourth-order valence-electron chi connectivity index (χ4n) is 0. The Bertz CT molecular complexity index is 9.61. The predicted octanol–water partition coefficient (Wildman–Crippen LogP) is -3.40. The first-order valence-electron chi connectivity index (χ1n) is 0.447. The van der Waals surface area contributed by atoms with Gasteiger partial charge in [-0.25, -0.2) is 0 Å². The molecule has 0 radical (unpaired) electrons. The van der Waals surface area contributed by atoms with E-state index in [-0.39, 0.29) is 20.3 Å². The van der Waals surface area contributed by atoms with Crippen molar-refractivity contribution in [3.63, 3.8) is 0 Å². The summed E-state index contributed by atoms with van der Waals surface area (Å²) in [4.78, 5) is 14.3. The number of hydrogen-bond donors (Lipinski definition) is 2. The normalized spacial score (nSPS) is 4.50. The van der Waals surface area contributed by atoms with Crippen LogP contribution in [0, 0.1) is 0 Å². The standard InChI is InChI=1S/Li.H3O2P.H/c;1-3-2;/h;1-3H;/q+1;;-1. The van der Waals surface area contributed by atoms with E-state index in [9.17, 15) is 0 Å². The van der Waals surface area contributed by atoms with Crippen molar-refractivity contribution in [2.45, 2.75) is 0 Å². The van der Waals surface area contributed by atoms with Crippen LogP contribution >= 0.6 is 9.03 Å². The zero-order valence-corrected chi connectivity index (χ0v) is 3.39. The van der Waals surface area contributed by atoms with Crippen LogP contribution in [0.3, 0.4) is 0 Å². The van der Waals surface area contributed by atoms with E-state index >= 15 is 0 Å². The van der Waals surface area contributed by atoms with Gasteiger partial charge in [-0.1, -0.05) is 0 Å². The Balaban J connectivity index is -0.0000000200. The zero-order chi connectivity index (χ0) is 2.71. The summed E-state index contributed by atoms with van der Waals surface area (Å²) in [6.07, 6.45) is 0. The average Bonchev–Trinajstić information content (AvgIpc) is 0.918. The van der Waals surface area contributed by atoms with E-state index in [2.05, 4.69) is 0 Å². The molecule has 0 rings (SSSR count). The third-order valence-corrected chi connectivity index (χ3v) is 0. The molecule has 0 atom stereocenters. The van der Waals surface area contributed by atoms with Crippen molar-refractivity contribution in [1.29, 1.82) is 0 Å². The average molecular weight is 73.9 g/mol. The van der Waals surface area contributed by atoms with Crippen molar-refractivity contribution in [2.75, 3.05) is 0 Å². The monoisotopic (exact) mass is 74.0 g/mol. The largest absolute Gasteiger partial charge is 1.00 e. The van der Waals surface area contributed by atoms with Crippen LogP contribution in [-0.4, -0.2) is 9.79 Å². The molecule has 0 aliphatic heterocycles.